The number of pyridine rings is 1. The highest BCUT2D eigenvalue weighted by Crippen LogP contribution is 2.32. The van der Waals surface area contributed by atoms with E-state index in [1.165, 1.54) is 5.56 Å². The molecule has 8 nitrogen and oxygen atoms in total. The number of fused-ring (bicyclic) bond motifs is 1. The molecule has 1 unspecified atom stereocenters. The van der Waals surface area contributed by atoms with Gasteiger partial charge < -0.3 is 20.0 Å². The SMILES string of the molecule is CN1CCN(c2nccc(N3CCN(Cc4ccc(C(Nc5ccnc6cc(Cl)ccc56)c5cccc(Cl)c5)cc4)CC3)n2)CC1. The van der Waals surface area contributed by atoms with Crippen molar-refractivity contribution in [3.05, 3.63) is 118 Å². The number of nitrogens with zero attached hydrogens (tertiary/aromatic N) is 7. The number of hydrogen-bond donors (Lipinski definition) is 1. The van der Waals surface area contributed by atoms with Gasteiger partial charge in [-0.3, -0.25) is 9.88 Å². The minimum atomic E-state index is -0.0961. The van der Waals surface area contributed by atoms with E-state index in [0.29, 0.717) is 10.0 Å². The van der Waals surface area contributed by atoms with Crippen LogP contribution in [0.5, 0.6) is 0 Å². The lowest BCUT2D eigenvalue weighted by Crippen LogP contribution is -2.47. The number of rotatable bonds is 8. The van der Waals surface area contributed by atoms with Gasteiger partial charge in [0.25, 0.3) is 0 Å². The molecule has 1 N–H and O–H groups in total. The second kappa shape index (κ2) is 13.8. The second-order valence-corrected chi connectivity index (χ2v) is 13.0. The Morgan fingerprint density at radius 1 is 0.717 bits per heavy atom. The van der Waals surface area contributed by atoms with E-state index in [2.05, 4.69) is 72.3 Å². The maximum Gasteiger partial charge on any atom is 0.227 e. The fourth-order valence-corrected chi connectivity index (χ4v) is 6.70. The van der Waals surface area contributed by atoms with Crippen LogP contribution in [0.4, 0.5) is 17.5 Å². The average molecular weight is 654 g/mol. The normalized spacial score (nSPS) is 16.9. The van der Waals surface area contributed by atoms with Crippen molar-refractivity contribution in [3.8, 4) is 0 Å². The number of piperazine rings is 2. The highest BCUT2D eigenvalue weighted by atomic mass is 35.5. The first-order chi connectivity index (χ1) is 22.5. The lowest BCUT2D eigenvalue weighted by molar-refractivity contribution is 0.249. The number of halogens is 2. The summed E-state index contributed by atoms with van der Waals surface area (Å²) < 4.78 is 0. The van der Waals surface area contributed by atoms with Crippen LogP contribution in [0.3, 0.4) is 0 Å². The van der Waals surface area contributed by atoms with Gasteiger partial charge in [-0.25, -0.2) is 4.98 Å². The number of aromatic nitrogens is 3. The minimum absolute atomic E-state index is 0.0961. The first-order valence-electron chi connectivity index (χ1n) is 15.9. The molecule has 2 saturated heterocycles. The molecule has 10 heteroatoms. The van der Waals surface area contributed by atoms with E-state index in [1.54, 1.807) is 0 Å². The Morgan fingerprint density at radius 3 is 2.24 bits per heavy atom. The van der Waals surface area contributed by atoms with Crippen LogP contribution in [0.2, 0.25) is 10.0 Å². The van der Waals surface area contributed by atoms with E-state index in [0.717, 1.165) is 98.4 Å². The Balaban J connectivity index is 1.02. The van der Waals surface area contributed by atoms with E-state index in [-0.39, 0.29) is 6.04 Å². The van der Waals surface area contributed by atoms with Crippen molar-refractivity contribution >= 4 is 51.6 Å². The van der Waals surface area contributed by atoms with E-state index in [1.807, 2.05) is 60.9 Å². The molecule has 2 aliphatic heterocycles. The number of nitrogens with one attached hydrogen (secondary N) is 1. The first kappa shape index (κ1) is 30.7. The van der Waals surface area contributed by atoms with Crippen LogP contribution in [0.25, 0.3) is 10.9 Å². The largest absolute Gasteiger partial charge is 0.374 e. The molecule has 0 radical (unpaired) electrons. The lowest BCUT2D eigenvalue weighted by atomic mass is 9.97. The van der Waals surface area contributed by atoms with Crippen LogP contribution in [0, 0.1) is 0 Å². The molecule has 2 fully saturated rings. The summed E-state index contributed by atoms with van der Waals surface area (Å²) in [6.45, 7) is 8.81. The Morgan fingerprint density at radius 2 is 1.46 bits per heavy atom. The zero-order valence-electron chi connectivity index (χ0n) is 26.0. The van der Waals surface area contributed by atoms with Gasteiger partial charge in [-0.15, -0.1) is 0 Å². The van der Waals surface area contributed by atoms with E-state index >= 15 is 0 Å². The lowest BCUT2D eigenvalue weighted by Gasteiger charge is -2.36. The quantitative estimate of drug-likeness (QED) is 0.201. The van der Waals surface area contributed by atoms with Gasteiger partial charge in [-0.05, 0) is 66.2 Å². The molecule has 1 atom stereocenters. The standard InChI is InChI=1S/C36H38Cl2N8/c1-43-15-19-46(20-16-43)36-40-14-12-34(42-36)45-21-17-44(18-22-45)25-26-5-7-27(8-6-26)35(28-3-2-4-29(37)23-28)41-32-11-13-39-33-24-30(38)9-10-31(32)33/h2-14,23-24,35H,15-22,25H2,1H3,(H,39,41). The Kier molecular flexibility index (Phi) is 9.21. The van der Waals surface area contributed by atoms with E-state index in [4.69, 9.17) is 28.2 Å². The van der Waals surface area contributed by atoms with Crippen LogP contribution < -0.4 is 15.1 Å². The monoisotopic (exact) mass is 652 g/mol. The summed E-state index contributed by atoms with van der Waals surface area (Å²) in [6, 6.07) is 26.8. The molecule has 3 aromatic carbocycles. The van der Waals surface area contributed by atoms with Gasteiger partial charge in [0.1, 0.15) is 5.82 Å². The maximum absolute atomic E-state index is 6.45. The van der Waals surface area contributed by atoms with Gasteiger partial charge in [0, 0.05) is 92.4 Å². The Bertz CT molecular complexity index is 1780. The van der Waals surface area contributed by atoms with Gasteiger partial charge in [0.15, 0.2) is 0 Å². The summed E-state index contributed by atoms with van der Waals surface area (Å²) in [7, 11) is 2.17. The fraction of sp³-hybridized carbons (Fsp3) is 0.306. The zero-order valence-corrected chi connectivity index (χ0v) is 27.5. The highest BCUT2D eigenvalue weighted by molar-refractivity contribution is 6.31. The second-order valence-electron chi connectivity index (χ2n) is 12.2. The van der Waals surface area contributed by atoms with Gasteiger partial charge in [-0.1, -0.05) is 59.6 Å². The molecule has 2 aliphatic rings. The smallest absolute Gasteiger partial charge is 0.227 e. The number of benzene rings is 3. The molecule has 5 aromatic rings. The number of hydrogen-bond acceptors (Lipinski definition) is 8. The molecule has 4 heterocycles. The van der Waals surface area contributed by atoms with Crippen molar-refractivity contribution in [1.29, 1.82) is 0 Å². The molecule has 236 valence electrons. The van der Waals surface area contributed by atoms with Crippen LogP contribution >= 0.6 is 23.2 Å². The third kappa shape index (κ3) is 7.05. The third-order valence-electron chi connectivity index (χ3n) is 9.02. The van der Waals surface area contributed by atoms with Gasteiger partial charge in [0.2, 0.25) is 5.95 Å². The van der Waals surface area contributed by atoms with Crippen LogP contribution in [0.15, 0.2) is 91.3 Å². The molecular weight excluding hydrogens is 615 g/mol. The van der Waals surface area contributed by atoms with Crippen molar-refractivity contribution < 1.29 is 0 Å². The molecule has 46 heavy (non-hydrogen) atoms. The summed E-state index contributed by atoms with van der Waals surface area (Å²) >= 11 is 12.7. The summed E-state index contributed by atoms with van der Waals surface area (Å²) in [6.07, 6.45) is 3.72. The van der Waals surface area contributed by atoms with Gasteiger partial charge in [-0.2, -0.15) is 4.98 Å². The predicted molar refractivity (Wildman–Crippen MR) is 189 cm³/mol. The van der Waals surface area contributed by atoms with Crippen molar-refractivity contribution in [1.82, 2.24) is 24.8 Å². The zero-order chi connectivity index (χ0) is 31.5. The van der Waals surface area contributed by atoms with Crippen LogP contribution in [-0.4, -0.2) is 84.2 Å². The summed E-state index contributed by atoms with van der Waals surface area (Å²) in [5.41, 5.74) is 5.40. The third-order valence-corrected chi connectivity index (χ3v) is 9.49. The summed E-state index contributed by atoms with van der Waals surface area (Å²) in [5, 5.41) is 6.18. The Labute approximate surface area is 280 Å². The minimum Gasteiger partial charge on any atom is -0.374 e. The van der Waals surface area contributed by atoms with Crippen LogP contribution in [-0.2, 0) is 6.54 Å². The number of likely N-dealkylation sites (N-methyl/N-ethyl adjacent to an activating group) is 1. The Hall–Kier alpha value is -3.95. The number of anilines is 3. The average Bonchev–Trinajstić information content (AvgIpc) is 3.08. The van der Waals surface area contributed by atoms with Crippen molar-refractivity contribution in [2.75, 3.05) is 74.5 Å². The van der Waals surface area contributed by atoms with Gasteiger partial charge >= 0.3 is 0 Å². The first-order valence-corrected chi connectivity index (χ1v) is 16.6. The fourth-order valence-electron chi connectivity index (χ4n) is 6.33. The maximum atomic E-state index is 6.45. The topological polar surface area (TPSA) is 63.7 Å². The molecule has 7 rings (SSSR count). The molecule has 0 spiro atoms. The molecular formula is C36H38Cl2N8. The van der Waals surface area contributed by atoms with Crippen molar-refractivity contribution in [2.45, 2.75) is 12.6 Å². The van der Waals surface area contributed by atoms with Crippen molar-refractivity contribution in [3.63, 3.8) is 0 Å². The van der Waals surface area contributed by atoms with E-state index in [9.17, 15) is 0 Å². The van der Waals surface area contributed by atoms with E-state index < -0.39 is 0 Å². The molecule has 0 aliphatic carbocycles. The highest BCUT2D eigenvalue weighted by Gasteiger charge is 2.22. The summed E-state index contributed by atoms with van der Waals surface area (Å²) in [5.74, 6) is 1.87. The molecule has 0 bridgehead atoms. The summed E-state index contributed by atoms with van der Waals surface area (Å²) in [4.78, 5) is 23.6. The molecule has 0 amide bonds. The van der Waals surface area contributed by atoms with Crippen LogP contribution in [0.1, 0.15) is 22.7 Å². The van der Waals surface area contributed by atoms with Gasteiger partial charge in [0.05, 0.1) is 11.6 Å². The molecule has 0 saturated carbocycles. The van der Waals surface area contributed by atoms with Crippen molar-refractivity contribution in [2.24, 2.45) is 0 Å². The molecule has 2 aromatic heterocycles. The predicted octanol–water partition coefficient (Wildman–Crippen LogP) is 6.61.